The number of ether oxygens (including phenoxy) is 1. The van der Waals surface area contributed by atoms with Crippen LogP contribution in [-0.4, -0.2) is 76.5 Å². The summed E-state index contributed by atoms with van der Waals surface area (Å²) in [6.45, 7) is 1.38. The molecule has 1 unspecified atom stereocenters. The quantitative estimate of drug-likeness (QED) is 0.426. The summed E-state index contributed by atoms with van der Waals surface area (Å²) in [5.41, 5.74) is 0.853. The second-order valence-corrected chi connectivity index (χ2v) is 10.2. The van der Waals surface area contributed by atoms with Gasteiger partial charge in [-0.2, -0.15) is 0 Å². The van der Waals surface area contributed by atoms with E-state index < -0.39 is 30.0 Å². The van der Waals surface area contributed by atoms with Gasteiger partial charge in [0.15, 0.2) is 5.78 Å². The van der Waals surface area contributed by atoms with Crippen molar-refractivity contribution in [1.29, 1.82) is 0 Å². The molecule has 3 amide bonds. The van der Waals surface area contributed by atoms with Crippen molar-refractivity contribution >= 4 is 23.5 Å². The van der Waals surface area contributed by atoms with E-state index in [2.05, 4.69) is 10.1 Å². The highest BCUT2D eigenvalue weighted by Gasteiger charge is 2.34. The summed E-state index contributed by atoms with van der Waals surface area (Å²) in [6.07, 6.45) is -4.63. The summed E-state index contributed by atoms with van der Waals surface area (Å²) in [5.74, 6) is -2.68. The molecule has 1 aliphatic rings. The van der Waals surface area contributed by atoms with Crippen molar-refractivity contribution < 1.29 is 42.2 Å². The molecular weight excluding hydrogens is 567 g/mol. The average Bonchev–Trinajstić information content (AvgIpc) is 2.96. The Labute approximate surface area is 245 Å². The Morgan fingerprint density at radius 1 is 0.977 bits per heavy atom. The normalized spacial score (nSPS) is 16.6. The van der Waals surface area contributed by atoms with E-state index in [4.69, 9.17) is 0 Å². The zero-order chi connectivity index (χ0) is 31.1. The summed E-state index contributed by atoms with van der Waals surface area (Å²) in [4.78, 5) is 55.9. The number of carbonyl (C=O) groups excluding carboxylic acids is 4. The van der Waals surface area contributed by atoms with Gasteiger partial charge in [-0.3, -0.25) is 19.2 Å². The standard InChI is InChI=1S/C31H30F3N3O6/c1-20-14-15-36(18-25(39)19-37(20)29(41)22-6-3-2-4-7-22)30(42)27(16-21-10-12-24(38)13-11-21)35-28(40)23-8-5-9-26(17-23)43-31(32,33)34/h2-13,17,20,27,38H,14-16,18-19H2,1H3,(H,35,40)/t20-,27?/m0/s1. The Morgan fingerprint density at radius 2 is 1.65 bits per heavy atom. The fourth-order valence-electron chi connectivity index (χ4n) is 4.76. The molecule has 1 fully saturated rings. The molecule has 0 radical (unpaired) electrons. The van der Waals surface area contributed by atoms with Crippen molar-refractivity contribution in [2.24, 2.45) is 0 Å². The lowest BCUT2D eigenvalue weighted by Crippen LogP contribution is -2.55. The van der Waals surface area contributed by atoms with E-state index in [0.29, 0.717) is 17.5 Å². The van der Waals surface area contributed by atoms with Crippen LogP contribution in [-0.2, 0) is 16.0 Å². The van der Waals surface area contributed by atoms with Crippen LogP contribution in [0, 0.1) is 0 Å². The highest BCUT2D eigenvalue weighted by atomic mass is 19.4. The summed E-state index contributed by atoms with van der Waals surface area (Å²) < 4.78 is 42.0. The highest BCUT2D eigenvalue weighted by Crippen LogP contribution is 2.24. The number of alkyl halides is 3. The Balaban J connectivity index is 1.53. The molecule has 0 bridgehead atoms. The smallest absolute Gasteiger partial charge is 0.508 e. The van der Waals surface area contributed by atoms with E-state index >= 15 is 0 Å². The maximum absolute atomic E-state index is 13.8. The van der Waals surface area contributed by atoms with E-state index in [0.717, 1.165) is 12.1 Å². The van der Waals surface area contributed by atoms with E-state index in [1.165, 1.54) is 34.1 Å². The minimum absolute atomic E-state index is 0.00454. The number of phenols is 1. The number of hydrogen-bond donors (Lipinski definition) is 2. The molecule has 1 heterocycles. The Morgan fingerprint density at radius 3 is 2.33 bits per heavy atom. The number of halogens is 3. The molecule has 43 heavy (non-hydrogen) atoms. The number of benzene rings is 3. The third-order valence-electron chi connectivity index (χ3n) is 6.97. The molecule has 0 aromatic heterocycles. The number of nitrogens with zero attached hydrogens (tertiary/aromatic N) is 2. The molecule has 4 rings (SSSR count). The minimum atomic E-state index is -4.96. The van der Waals surface area contributed by atoms with Crippen LogP contribution in [0.25, 0.3) is 0 Å². The molecule has 1 saturated heterocycles. The van der Waals surface area contributed by atoms with Crippen molar-refractivity contribution in [3.8, 4) is 11.5 Å². The van der Waals surface area contributed by atoms with Crippen LogP contribution in [0.5, 0.6) is 11.5 Å². The number of carbonyl (C=O) groups is 4. The first-order valence-electron chi connectivity index (χ1n) is 13.5. The van der Waals surface area contributed by atoms with Crippen molar-refractivity contribution in [2.75, 3.05) is 19.6 Å². The third-order valence-corrected chi connectivity index (χ3v) is 6.97. The number of nitrogens with one attached hydrogen (secondary N) is 1. The van der Waals surface area contributed by atoms with Crippen molar-refractivity contribution in [3.05, 3.63) is 95.6 Å². The predicted octanol–water partition coefficient (Wildman–Crippen LogP) is 3.96. The van der Waals surface area contributed by atoms with Gasteiger partial charge in [-0.25, -0.2) is 0 Å². The second kappa shape index (κ2) is 13.4. The van der Waals surface area contributed by atoms with Gasteiger partial charge in [-0.1, -0.05) is 36.4 Å². The van der Waals surface area contributed by atoms with Crippen molar-refractivity contribution in [3.63, 3.8) is 0 Å². The van der Waals surface area contributed by atoms with Crippen LogP contribution in [0.3, 0.4) is 0 Å². The number of Topliss-reactive ketones (excluding diaryl/α,β-unsaturated/α-hetero) is 1. The largest absolute Gasteiger partial charge is 0.573 e. The first-order chi connectivity index (χ1) is 20.4. The monoisotopic (exact) mass is 597 g/mol. The lowest BCUT2D eigenvalue weighted by Gasteiger charge is -2.35. The molecular formula is C31H30F3N3O6. The van der Waals surface area contributed by atoms with Gasteiger partial charge in [0, 0.05) is 30.1 Å². The molecule has 226 valence electrons. The van der Waals surface area contributed by atoms with Crippen LogP contribution < -0.4 is 10.1 Å². The molecule has 0 aliphatic carbocycles. The maximum atomic E-state index is 13.8. The van der Waals surface area contributed by atoms with Crippen molar-refractivity contribution in [1.82, 2.24) is 15.1 Å². The molecule has 3 aromatic rings. The van der Waals surface area contributed by atoms with Gasteiger partial charge in [0.2, 0.25) is 5.91 Å². The minimum Gasteiger partial charge on any atom is -0.508 e. The lowest BCUT2D eigenvalue weighted by molar-refractivity contribution is -0.274. The maximum Gasteiger partial charge on any atom is 0.573 e. The highest BCUT2D eigenvalue weighted by molar-refractivity contribution is 6.00. The molecule has 0 saturated carbocycles. The van der Waals surface area contributed by atoms with E-state index in [-0.39, 0.29) is 55.1 Å². The van der Waals surface area contributed by atoms with E-state index in [1.807, 2.05) is 0 Å². The molecule has 2 atom stereocenters. The molecule has 3 aromatic carbocycles. The second-order valence-electron chi connectivity index (χ2n) is 10.2. The van der Waals surface area contributed by atoms with E-state index in [9.17, 15) is 37.5 Å². The Bertz CT molecular complexity index is 1460. The number of hydrogen-bond acceptors (Lipinski definition) is 6. The zero-order valence-corrected chi connectivity index (χ0v) is 23.2. The molecule has 1 aliphatic heterocycles. The number of rotatable bonds is 7. The van der Waals surface area contributed by atoms with Crippen LogP contribution in [0.15, 0.2) is 78.9 Å². The van der Waals surface area contributed by atoms with Gasteiger partial charge >= 0.3 is 6.36 Å². The van der Waals surface area contributed by atoms with Gasteiger partial charge in [0.25, 0.3) is 11.8 Å². The fourth-order valence-corrected chi connectivity index (χ4v) is 4.76. The predicted molar refractivity (Wildman–Crippen MR) is 149 cm³/mol. The number of aromatic hydroxyl groups is 1. The topological polar surface area (TPSA) is 116 Å². The van der Waals surface area contributed by atoms with Crippen LogP contribution >= 0.6 is 0 Å². The third kappa shape index (κ3) is 8.57. The van der Waals surface area contributed by atoms with E-state index in [1.54, 1.807) is 49.4 Å². The zero-order valence-electron chi connectivity index (χ0n) is 23.2. The molecule has 2 N–H and O–H groups in total. The summed E-state index contributed by atoms with van der Waals surface area (Å²) in [7, 11) is 0. The Hall–Kier alpha value is -4.87. The molecule has 12 heteroatoms. The molecule has 0 spiro atoms. The van der Waals surface area contributed by atoms with Crippen LogP contribution in [0.1, 0.15) is 39.6 Å². The fraction of sp³-hybridized carbons (Fsp3) is 0.290. The summed E-state index contributed by atoms with van der Waals surface area (Å²) in [5, 5.41) is 12.2. The first kappa shape index (κ1) is 31.1. The lowest BCUT2D eigenvalue weighted by atomic mass is 10.0. The van der Waals surface area contributed by atoms with Crippen LogP contribution in [0.4, 0.5) is 13.2 Å². The number of ketones is 1. The van der Waals surface area contributed by atoms with Gasteiger partial charge in [0.05, 0.1) is 13.1 Å². The number of phenolic OH excluding ortho intramolecular Hbond substituents is 1. The van der Waals surface area contributed by atoms with Gasteiger partial charge in [-0.15, -0.1) is 13.2 Å². The average molecular weight is 598 g/mol. The Kier molecular flexibility index (Phi) is 9.69. The number of amides is 3. The van der Waals surface area contributed by atoms with Gasteiger partial charge < -0.3 is 25.0 Å². The van der Waals surface area contributed by atoms with Gasteiger partial charge in [-0.05, 0) is 61.4 Å². The summed E-state index contributed by atoms with van der Waals surface area (Å²) in [6, 6.07) is 17.4. The van der Waals surface area contributed by atoms with Crippen molar-refractivity contribution in [2.45, 2.75) is 38.2 Å². The summed E-state index contributed by atoms with van der Waals surface area (Å²) >= 11 is 0. The molecule has 9 nitrogen and oxygen atoms in total. The first-order valence-corrected chi connectivity index (χ1v) is 13.5. The van der Waals surface area contributed by atoms with Gasteiger partial charge in [0.1, 0.15) is 17.5 Å². The van der Waals surface area contributed by atoms with Crippen LogP contribution in [0.2, 0.25) is 0 Å². The SMILES string of the molecule is C[C@H]1CCN(C(=O)C(Cc2ccc(O)cc2)NC(=O)c2cccc(OC(F)(F)F)c2)CC(=O)CN1C(=O)c1ccccc1.